The molecule has 3 aromatic rings. The summed E-state index contributed by atoms with van der Waals surface area (Å²) >= 11 is 0. The Bertz CT molecular complexity index is 1170. The van der Waals surface area contributed by atoms with E-state index in [1.807, 2.05) is 25.1 Å². The standard InChI is InChI=1S/C22H25N3O5S/c1-14(2)20-10-7-18(11-15(20)3)29-13-22(26)23-17-5-8-19(9-6-17)31(27,28)25-21-12-16(4)30-24-21/h5-12,14H,13H2,1-4H3,(H,23,26)(H,24,25). The van der Waals surface area contributed by atoms with E-state index in [4.69, 9.17) is 9.26 Å². The summed E-state index contributed by atoms with van der Waals surface area (Å²) in [5.41, 5.74) is 2.80. The predicted molar refractivity (Wildman–Crippen MR) is 118 cm³/mol. The maximum Gasteiger partial charge on any atom is 0.263 e. The van der Waals surface area contributed by atoms with Crippen molar-refractivity contribution in [3.63, 3.8) is 0 Å². The van der Waals surface area contributed by atoms with Gasteiger partial charge in [0, 0.05) is 11.8 Å². The van der Waals surface area contributed by atoms with Crippen molar-refractivity contribution in [2.75, 3.05) is 16.6 Å². The van der Waals surface area contributed by atoms with Gasteiger partial charge in [0.1, 0.15) is 11.5 Å². The molecule has 0 spiro atoms. The normalized spacial score (nSPS) is 11.4. The summed E-state index contributed by atoms with van der Waals surface area (Å²) in [6, 6.07) is 13.0. The third-order valence-corrected chi connectivity index (χ3v) is 5.92. The summed E-state index contributed by atoms with van der Waals surface area (Å²) in [5.74, 6) is 1.28. The molecule has 2 N–H and O–H groups in total. The van der Waals surface area contributed by atoms with Gasteiger partial charge in [-0.05, 0) is 67.3 Å². The quantitative estimate of drug-likeness (QED) is 0.539. The highest BCUT2D eigenvalue weighted by molar-refractivity contribution is 7.92. The van der Waals surface area contributed by atoms with Crippen molar-refractivity contribution in [1.29, 1.82) is 0 Å². The van der Waals surface area contributed by atoms with Crippen LogP contribution in [0, 0.1) is 13.8 Å². The average Bonchev–Trinajstić information content (AvgIpc) is 3.10. The maximum absolute atomic E-state index is 12.4. The molecule has 3 rings (SSSR count). The lowest BCUT2D eigenvalue weighted by Gasteiger charge is -2.12. The first kappa shape index (κ1) is 22.4. The van der Waals surface area contributed by atoms with Crippen LogP contribution in [0.25, 0.3) is 0 Å². The Morgan fingerprint density at radius 2 is 1.81 bits per heavy atom. The third-order valence-electron chi connectivity index (χ3n) is 4.55. The molecule has 0 aliphatic heterocycles. The summed E-state index contributed by atoms with van der Waals surface area (Å²) in [6.45, 7) is 7.76. The third kappa shape index (κ3) is 5.85. The van der Waals surface area contributed by atoms with Gasteiger partial charge in [0.15, 0.2) is 12.4 Å². The summed E-state index contributed by atoms with van der Waals surface area (Å²) in [4.78, 5) is 12.2. The van der Waals surface area contributed by atoms with E-state index >= 15 is 0 Å². The average molecular weight is 444 g/mol. The van der Waals surface area contributed by atoms with Gasteiger partial charge in [-0.3, -0.25) is 9.52 Å². The number of carbonyl (C=O) groups is 1. The maximum atomic E-state index is 12.4. The fourth-order valence-corrected chi connectivity index (χ4v) is 4.04. The summed E-state index contributed by atoms with van der Waals surface area (Å²) in [6.07, 6.45) is 0. The lowest BCUT2D eigenvalue weighted by molar-refractivity contribution is -0.118. The molecule has 1 amide bonds. The second-order valence-electron chi connectivity index (χ2n) is 7.46. The van der Waals surface area contributed by atoms with E-state index in [-0.39, 0.29) is 23.2 Å². The Morgan fingerprint density at radius 3 is 2.39 bits per heavy atom. The number of hydrogen-bond acceptors (Lipinski definition) is 6. The van der Waals surface area contributed by atoms with Crippen LogP contribution >= 0.6 is 0 Å². The van der Waals surface area contributed by atoms with E-state index in [1.54, 1.807) is 6.92 Å². The molecular formula is C22H25N3O5S. The van der Waals surface area contributed by atoms with Gasteiger partial charge in [0.2, 0.25) is 0 Å². The molecule has 1 aromatic heterocycles. The number of rotatable bonds is 8. The number of nitrogens with one attached hydrogen (secondary N) is 2. The van der Waals surface area contributed by atoms with Crippen molar-refractivity contribution in [1.82, 2.24) is 5.16 Å². The highest BCUT2D eigenvalue weighted by Gasteiger charge is 2.16. The Labute approximate surface area is 181 Å². The minimum Gasteiger partial charge on any atom is -0.484 e. The van der Waals surface area contributed by atoms with E-state index in [1.165, 1.54) is 35.9 Å². The van der Waals surface area contributed by atoms with Gasteiger partial charge in [0.05, 0.1) is 4.90 Å². The molecule has 1 heterocycles. The van der Waals surface area contributed by atoms with Crippen LogP contribution in [0.2, 0.25) is 0 Å². The molecule has 0 radical (unpaired) electrons. The lowest BCUT2D eigenvalue weighted by atomic mass is 9.98. The van der Waals surface area contributed by atoms with Crippen LogP contribution in [0.4, 0.5) is 11.5 Å². The van der Waals surface area contributed by atoms with Crippen LogP contribution in [0.3, 0.4) is 0 Å². The molecule has 2 aromatic carbocycles. The Morgan fingerprint density at radius 1 is 1.10 bits per heavy atom. The number of amides is 1. The predicted octanol–water partition coefficient (Wildman–Crippen LogP) is 4.23. The Hall–Kier alpha value is -3.33. The minimum absolute atomic E-state index is 0.0307. The first-order chi connectivity index (χ1) is 14.6. The number of aromatic nitrogens is 1. The number of sulfonamides is 1. The van der Waals surface area contributed by atoms with Gasteiger partial charge in [-0.2, -0.15) is 0 Å². The van der Waals surface area contributed by atoms with Crippen LogP contribution in [0.15, 0.2) is 57.9 Å². The highest BCUT2D eigenvalue weighted by Crippen LogP contribution is 2.23. The molecule has 0 unspecified atom stereocenters. The smallest absolute Gasteiger partial charge is 0.263 e. The van der Waals surface area contributed by atoms with E-state index < -0.39 is 10.0 Å². The van der Waals surface area contributed by atoms with E-state index in [9.17, 15) is 13.2 Å². The number of anilines is 2. The van der Waals surface area contributed by atoms with Crippen LogP contribution in [0.5, 0.6) is 5.75 Å². The van der Waals surface area contributed by atoms with E-state index in [2.05, 4.69) is 29.0 Å². The number of ether oxygens (including phenoxy) is 1. The monoisotopic (exact) mass is 443 g/mol. The van der Waals surface area contributed by atoms with Gasteiger partial charge in [-0.25, -0.2) is 8.42 Å². The van der Waals surface area contributed by atoms with Crippen LogP contribution in [0.1, 0.15) is 36.7 Å². The van der Waals surface area contributed by atoms with Crippen molar-refractivity contribution in [2.45, 2.75) is 38.5 Å². The SMILES string of the molecule is Cc1cc(NS(=O)(=O)c2ccc(NC(=O)COc3ccc(C(C)C)c(C)c3)cc2)no1. The van der Waals surface area contributed by atoms with Gasteiger partial charge in [0.25, 0.3) is 15.9 Å². The number of benzene rings is 2. The van der Waals surface area contributed by atoms with Gasteiger partial charge in [-0.15, -0.1) is 0 Å². The molecule has 8 nitrogen and oxygen atoms in total. The molecule has 31 heavy (non-hydrogen) atoms. The molecular weight excluding hydrogens is 418 g/mol. The van der Waals surface area contributed by atoms with Gasteiger partial charge < -0.3 is 14.6 Å². The zero-order chi connectivity index (χ0) is 22.6. The molecule has 0 atom stereocenters. The highest BCUT2D eigenvalue weighted by atomic mass is 32.2. The van der Waals surface area contributed by atoms with Crippen molar-refractivity contribution in [3.05, 3.63) is 65.4 Å². The van der Waals surface area contributed by atoms with E-state index in [0.717, 1.165) is 5.56 Å². The largest absolute Gasteiger partial charge is 0.484 e. The first-order valence-electron chi connectivity index (χ1n) is 9.73. The summed E-state index contributed by atoms with van der Waals surface area (Å²) in [7, 11) is -3.82. The molecule has 0 saturated heterocycles. The molecule has 0 saturated carbocycles. The number of carbonyl (C=O) groups excluding carboxylic acids is 1. The van der Waals surface area contributed by atoms with Gasteiger partial charge in [-0.1, -0.05) is 25.1 Å². The number of hydrogen-bond donors (Lipinski definition) is 2. The lowest BCUT2D eigenvalue weighted by Crippen LogP contribution is -2.20. The summed E-state index contributed by atoms with van der Waals surface area (Å²) < 4.78 is 37.5. The van der Waals surface area contributed by atoms with Crippen molar-refractivity contribution >= 4 is 27.4 Å². The number of aryl methyl sites for hydroxylation is 2. The van der Waals surface area contributed by atoms with Crippen molar-refractivity contribution < 1.29 is 22.5 Å². The van der Waals surface area contributed by atoms with Crippen LogP contribution < -0.4 is 14.8 Å². The molecule has 0 fully saturated rings. The molecule has 9 heteroatoms. The Kier molecular flexibility index (Phi) is 6.65. The minimum atomic E-state index is -3.82. The van der Waals surface area contributed by atoms with Crippen LogP contribution in [-0.4, -0.2) is 26.1 Å². The fraction of sp³-hybridized carbons (Fsp3) is 0.273. The van der Waals surface area contributed by atoms with Crippen molar-refractivity contribution in [2.24, 2.45) is 0 Å². The van der Waals surface area contributed by atoms with Crippen LogP contribution in [-0.2, 0) is 14.8 Å². The zero-order valence-electron chi connectivity index (χ0n) is 17.8. The molecule has 0 aliphatic carbocycles. The molecule has 0 aliphatic rings. The first-order valence-corrected chi connectivity index (χ1v) is 11.2. The fourth-order valence-electron chi connectivity index (χ4n) is 3.06. The van der Waals surface area contributed by atoms with Gasteiger partial charge >= 0.3 is 0 Å². The van der Waals surface area contributed by atoms with Crippen molar-refractivity contribution in [3.8, 4) is 5.75 Å². The molecule has 164 valence electrons. The number of nitrogens with zero attached hydrogens (tertiary/aromatic N) is 1. The second kappa shape index (κ2) is 9.22. The molecule has 0 bridgehead atoms. The summed E-state index contributed by atoms with van der Waals surface area (Å²) in [5, 5.41) is 6.29. The van der Waals surface area contributed by atoms with E-state index in [0.29, 0.717) is 23.1 Å². The second-order valence-corrected chi connectivity index (χ2v) is 9.15. The Balaban J connectivity index is 1.57. The topological polar surface area (TPSA) is 111 Å². The zero-order valence-corrected chi connectivity index (χ0v) is 18.6.